The fourth-order valence-electron chi connectivity index (χ4n) is 2.19. The minimum absolute atomic E-state index is 0.386. The van der Waals surface area contributed by atoms with Crippen molar-refractivity contribution in [2.45, 2.75) is 32.7 Å². The standard InChI is InChI=1S/C13H20N4S/c1-9-13(18-10(2)16-9)12(14-3)6-5-11-7-15-17(4)8-11/h7-8,12,14H,5-6H2,1-4H3. The van der Waals surface area contributed by atoms with E-state index in [2.05, 4.69) is 35.4 Å². The molecule has 0 aromatic carbocycles. The Labute approximate surface area is 112 Å². The van der Waals surface area contributed by atoms with E-state index in [1.165, 1.54) is 10.4 Å². The molecule has 2 aromatic heterocycles. The van der Waals surface area contributed by atoms with Crippen LogP contribution >= 0.6 is 11.3 Å². The number of thiazole rings is 1. The normalized spacial score (nSPS) is 12.9. The minimum Gasteiger partial charge on any atom is -0.312 e. The van der Waals surface area contributed by atoms with Gasteiger partial charge in [0.25, 0.3) is 0 Å². The van der Waals surface area contributed by atoms with Crippen LogP contribution in [0.3, 0.4) is 0 Å². The van der Waals surface area contributed by atoms with Gasteiger partial charge in [-0.3, -0.25) is 4.68 Å². The Morgan fingerprint density at radius 3 is 2.72 bits per heavy atom. The van der Waals surface area contributed by atoms with Gasteiger partial charge in [-0.15, -0.1) is 11.3 Å². The molecule has 2 aromatic rings. The molecule has 1 atom stereocenters. The van der Waals surface area contributed by atoms with E-state index in [4.69, 9.17) is 0 Å². The molecule has 0 aliphatic heterocycles. The fraction of sp³-hybridized carbons (Fsp3) is 0.538. The molecule has 1 unspecified atom stereocenters. The third-order valence-electron chi connectivity index (χ3n) is 3.08. The molecule has 5 heteroatoms. The quantitative estimate of drug-likeness (QED) is 0.901. The molecule has 18 heavy (non-hydrogen) atoms. The first-order valence-electron chi connectivity index (χ1n) is 6.19. The van der Waals surface area contributed by atoms with Gasteiger partial charge in [-0.05, 0) is 39.3 Å². The molecule has 2 rings (SSSR count). The summed E-state index contributed by atoms with van der Waals surface area (Å²) in [5, 5.41) is 8.74. The molecule has 0 saturated heterocycles. The van der Waals surface area contributed by atoms with Crippen LogP contribution < -0.4 is 5.32 Å². The van der Waals surface area contributed by atoms with Crippen LogP contribution in [-0.4, -0.2) is 21.8 Å². The second-order valence-corrected chi connectivity index (χ2v) is 5.82. The Balaban J connectivity index is 2.03. The number of rotatable bonds is 5. The summed E-state index contributed by atoms with van der Waals surface area (Å²) in [5.41, 5.74) is 2.44. The van der Waals surface area contributed by atoms with Crippen molar-refractivity contribution >= 4 is 11.3 Å². The van der Waals surface area contributed by atoms with Gasteiger partial charge in [0.15, 0.2) is 0 Å². The highest BCUT2D eigenvalue weighted by atomic mass is 32.1. The van der Waals surface area contributed by atoms with E-state index in [0.717, 1.165) is 23.5 Å². The first kappa shape index (κ1) is 13.2. The van der Waals surface area contributed by atoms with Crippen LogP contribution in [0.5, 0.6) is 0 Å². The second-order valence-electron chi connectivity index (χ2n) is 4.58. The SMILES string of the molecule is CNC(CCc1cnn(C)c1)c1sc(C)nc1C. The van der Waals surface area contributed by atoms with Crippen LogP contribution in [0.25, 0.3) is 0 Å². The van der Waals surface area contributed by atoms with Crippen LogP contribution in [0, 0.1) is 13.8 Å². The molecule has 0 saturated carbocycles. The Kier molecular flexibility index (Phi) is 4.14. The summed E-state index contributed by atoms with van der Waals surface area (Å²) in [7, 11) is 3.97. The number of hydrogen-bond acceptors (Lipinski definition) is 4. The van der Waals surface area contributed by atoms with Gasteiger partial charge in [0.2, 0.25) is 0 Å². The van der Waals surface area contributed by atoms with Crippen LogP contribution in [0.1, 0.15) is 33.6 Å². The molecule has 0 bridgehead atoms. The highest BCUT2D eigenvalue weighted by Gasteiger charge is 2.15. The summed E-state index contributed by atoms with van der Waals surface area (Å²) in [6, 6.07) is 0.386. The highest BCUT2D eigenvalue weighted by molar-refractivity contribution is 7.11. The first-order valence-corrected chi connectivity index (χ1v) is 7.00. The molecule has 0 fully saturated rings. The Morgan fingerprint density at radius 1 is 1.44 bits per heavy atom. The molecule has 0 aliphatic carbocycles. The van der Waals surface area contributed by atoms with Gasteiger partial charge in [0.05, 0.1) is 16.9 Å². The average Bonchev–Trinajstić information content (AvgIpc) is 2.87. The molecule has 0 aliphatic rings. The molecule has 0 radical (unpaired) electrons. The van der Waals surface area contributed by atoms with Crippen molar-refractivity contribution in [1.82, 2.24) is 20.1 Å². The molecular formula is C13H20N4S. The van der Waals surface area contributed by atoms with Gasteiger partial charge in [-0.2, -0.15) is 5.10 Å². The van der Waals surface area contributed by atoms with Crippen molar-refractivity contribution in [3.05, 3.63) is 33.5 Å². The third kappa shape index (κ3) is 2.97. The van der Waals surface area contributed by atoms with E-state index < -0.39 is 0 Å². The lowest BCUT2D eigenvalue weighted by atomic mass is 10.1. The number of hydrogen-bond donors (Lipinski definition) is 1. The Hall–Kier alpha value is -1.20. The number of nitrogens with one attached hydrogen (secondary N) is 1. The Bertz CT molecular complexity index is 515. The van der Waals surface area contributed by atoms with E-state index in [0.29, 0.717) is 6.04 Å². The average molecular weight is 264 g/mol. The molecule has 4 nitrogen and oxygen atoms in total. The summed E-state index contributed by atoms with van der Waals surface area (Å²) in [4.78, 5) is 5.86. The van der Waals surface area contributed by atoms with Crippen molar-refractivity contribution in [2.75, 3.05) is 7.05 Å². The fourth-order valence-corrected chi connectivity index (χ4v) is 3.26. The summed E-state index contributed by atoms with van der Waals surface area (Å²) in [6.07, 6.45) is 6.13. The Morgan fingerprint density at radius 2 is 2.22 bits per heavy atom. The van der Waals surface area contributed by atoms with E-state index in [9.17, 15) is 0 Å². The highest BCUT2D eigenvalue weighted by Crippen LogP contribution is 2.27. The molecule has 1 N–H and O–H groups in total. The lowest BCUT2D eigenvalue weighted by Crippen LogP contribution is -2.16. The van der Waals surface area contributed by atoms with Crippen molar-refractivity contribution in [1.29, 1.82) is 0 Å². The summed E-state index contributed by atoms with van der Waals surface area (Å²) >= 11 is 1.79. The maximum absolute atomic E-state index is 4.50. The van der Waals surface area contributed by atoms with Crippen molar-refractivity contribution in [2.24, 2.45) is 7.05 Å². The van der Waals surface area contributed by atoms with Crippen molar-refractivity contribution < 1.29 is 0 Å². The summed E-state index contributed by atoms with van der Waals surface area (Å²) < 4.78 is 1.85. The molecular weight excluding hydrogens is 244 g/mol. The van der Waals surface area contributed by atoms with Crippen molar-refractivity contribution in [3.8, 4) is 0 Å². The van der Waals surface area contributed by atoms with Crippen LogP contribution in [-0.2, 0) is 13.5 Å². The predicted molar refractivity (Wildman–Crippen MR) is 74.9 cm³/mol. The largest absolute Gasteiger partial charge is 0.312 e. The smallest absolute Gasteiger partial charge is 0.0900 e. The van der Waals surface area contributed by atoms with Crippen molar-refractivity contribution in [3.63, 3.8) is 0 Å². The number of aromatic nitrogens is 3. The minimum atomic E-state index is 0.386. The first-order chi connectivity index (χ1) is 8.60. The molecule has 0 spiro atoms. The molecule has 0 amide bonds. The van der Waals surface area contributed by atoms with Crippen LogP contribution in [0.4, 0.5) is 0 Å². The number of nitrogens with zero attached hydrogens (tertiary/aromatic N) is 3. The van der Waals surface area contributed by atoms with Gasteiger partial charge in [-0.1, -0.05) is 0 Å². The van der Waals surface area contributed by atoms with Gasteiger partial charge < -0.3 is 5.32 Å². The van der Waals surface area contributed by atoms with E-state index in [1.54, 1.807) is 11.3 Å². The maximum Gasteiger partial charge on any atom is 0.0900 e. The molecule has 2 heterocycles. The summed E-state index contributed by atoms with van der Waals surface area (Å²) in [5.74, 6) is 0. The maximum atomic E-state index is 4.50. The van der Waals surface area contributed by atoms with Crippen LogP contribution in [0.2, 0.25) is 0 Å². The van der Waals surface area contributed by atoms with Crippen LogP contribution in [0.15, 0.2) is 12.4 Å². The van der Waals surface area contributed by atoms with E-state index in [-0.39, 0.29) is 0 Å². The molecule has 98 valence electrons. The van der Waals surface area contributed by atoms with Gasteiger partial charge in [0.1, 0.15) is 0 Å². The zero-order chi connectivity index (χ0) is 13.1. The monoisotopic (exact) mass is 264 g/mol. The third-order valence-corrected chi connectivity index (χ3v) is 4.27. The predicted octanol–water partition coefficient (Wildman–Crippen LogP) is 2.39. The zero-order valence-corrected chi connectivity index (χ0v) is 12.2. The van der Waals surface area contributed by atoms with Gasteiger partial charge in [0, 0.05) is 24.2 Å². The van der Waals surface area contributed by atoms with E-state index in [1.807, 2.05) is 25.0 Å². The van der Waals surface area contributed by atoms with E-state index >= 15 is 0 Å². The summed E-state index contributed by atoms with van der Waals surface area (Å²) in [6.45, 7) is 4.16. The lowest BCUT2D eigenvalue weighted by Gasteiger charge is -2.14. The second kappa shape index (κ2) is 5.63. The number of aryl methyl sites for hydroxylation is 4. The zero-order valence-electron chi connectivity index (χ0n) is 11.4. The topological polar surface area (TPSA) is 42.7 Å². The van der Waals surface area contributed by atoms with Gasteiger partial charge >= 0.3 is 0 Å². The lowest BCUT2D eigenvalue weighted by molar-refractivity contribution is 0.554. The van der Waals surface area contributed by atoms with Gasteiger partial charge in [-0.25, -0.2) is 4.98 Å².